The largest absolute Gasteiger partial charge is 0.488 e. The molecule has 2 aromatic heterocycles. The number of benzene rings is 1. The molecule has 0 aliphatic heterocycles. The van der Waals surface area contributed by atoms with Gasteiger partial charge in [0.15, 0.2) is 5.75 Å². The first-order valence-corrected chi connectivity index (χ1v) is 6.39. The molecule has 0 bridgehead atoms. The third kappa shape index (κ3) is 2.48. The van der Waals surface area contributed by atoms with Crippen LogP contribution in [-0.2, 0) is 4.74 Å². The summed E-state index contributed by atoms with van der Waals surface area (Å²) in [5.41, 5.74) is 2.08. The van der Waals surface area contributed by atoms with Gasteiger partial charge < -0.3 is 9.47 Å². The molecule has 0 radical (unpaired) electrons. The van der Waals surface area contributed by atoms with Gasteiger partial charge in [-0.05, 0) is 0 Å². The van der Waals surface area contributed by atoms with Gasteiger partial charge in [-0.1, -0.05) is 30.3 Å². The van der Waals surface area contributed by atoms with Crippen molar-refractivity contribution in [2.75, 3.05) is 20.3 Å². The van der Waals surface area contributed by atoms with E-state index in [1.807, 2.05) is 47.1 Å². The van der Waals surface area contributed by atoms with Crippen molar-refractivity contribution >= 4 is 5.78 Å². The number of fused-ring (bicyclic) bond motifs is 1. The summed E-state index contributed by atoms with van der Waals surface area (Å²) in [6.45, 7) is 1.05. The molecule has 0 saturated carbocycles. The van der Waals surface area contributed by atoms with Gasteiger partial charge in [0.2, 0.25) is 5.78 Å². The molecule has 1 aromatic carbocycles. The second kappa shape index (κ2) is 5.71. The molecular weight excluding hydrogens is 254 g/mol. The van der Waals surface area contributed by atoms with Crippen LogP contribution in [0.25, 0.3) is 17.0 Å². The lowest BCUT2D eigenvalue weighted by Crippen LogP contribution is -2.05. The predicted molar refractivity (Wildman–Crippen MR) is 75.8 cm³/mol. The molecule has 0 unspecified atom stereocenters. The van der Waals surface area contributed by atoms with E-state index in [0.717, 1.165) is 11.3 Å². The van der Waals surface area contributed by atoms with E-state index in [1.165, 1.54) is 0 Å². The van der Waals surface area contributed by atoms with Crippen LogP contribution in [0.2, 0.25) is 0 Å². The monoisotopic (exact) mass is 269 g/mol. The van der Waals surface area contributed by atoms with Crippen LogP contribution >= 0.6 is 0 Å². The van der Waals surface area contributed by atoms with E-state index in [9.17, 15) is 0 Å². The summed E-state index contributed by atoms with van der Waals surface area (Å²) in [4.78, 5) is 8.60. The zero-order valence-corrected chi connectivity index (χ0v) is 11.2. The molecule has 5 nitrogen and oxygen atoms in total. The maximum atomic E-state index is 5.58. The van der Waals surface area contributed by atoms with E-state index in [2.05, 4.69) is 9.97 Å². The van der Waals surface area contributed by atoms with Gasteiger partial charge in [0.25, 0.3) is 0 Å². The minimum Gasteiger partial charge on any atom is -0.488 e. The molecule has 102 valence electrons. The van der Waals surface area contributed by atoms with Crippen LogP contribution in [0.4, 0.5) is 0 Å². The lowest BCUT2D eigenvalue weighted by molar-refractivity contribution is 0.146. The van der Waals surface area contributed by atoms with E-state index < -0.39 is 0 Å². The normalized spacial score (nSPS) is 10.8. The molecular formula is C15H15N3O2. The highest BCUT2D eigenvalue weighted by molar-refractivity contribution is 5.62. The molecule has 0 saturated heterocycles. The average Bonchev–Trinajstić information content (AvgIpc) is 2.91. The second-order valence-electron chi connectivity index (χ2n) is 4.31. The summed E-state index contributed by atoms with van der Waals surface area (Å²) in [5.74, 6) is 1.35. The molecule has 0 aliphatic carbocycles. The molecule has 0 aliphatic rings. The molecule has 0 amide bonds. The van der Waals surface area contributed by atoms with Gasteiger partial charge >= 0.3 is 0 Å². The highest BCUT2D eigenvalue weighted by Gasteiger charge is 2.07. The second-order valence-corrected chi connectivity index (χ2v) is 4.31. The lowest BCUT2D eigenvalue weighted by Gasteiger charge is -2.06. The van der Waals surface area contributed by atoms with E-state index in [-0.39, 0.29) is 0 Å². The standard InChI is InChI=1S/C15H15N3O2/c1-19-7-8-20-13-9-16-15-17-10-14(18(15)11-13)12-5-3-2-4-6-12/h2-6,9-11H,7-8H2,1H3. The summed E-state index contributed by atoms with van der Waals surface area (Å²) < 4.78 is 12.5. The summed E-state index contributed by atoms with van der Waals surface area (Å²) in [6, 6.07) is 10.1. The Morgan fingerprint density at radius 3 is 2.65 bits per heavy atom. The zero-order chi connectivity index (χ0) is 13.8. The Morgan fingerprint density at radius 2 is 1.85 bits per heavy atom. The third-order valence-electron chi connectivity index (χ3n) is 2.97. The van der Waals surface area contributed by atoms with Gasteiger partial charge in [-0.15, -0.1) is 0 Å². The lowest BCUT2D eigenvalue weighted by atomic mass is 10.2. The molecule has 3 rings (SSSR count). The summed E-state index contributed by atoms with van der Waals surface area (Å²) in [5, 5.41) is 0. The van der Waals surface area contributed by atoms with Gasteiger partial charge in [-0.25, -0.2) is 9.97 Å². The first kappa shape index (κ1) is 12.6. The number of imidazole rings is 1. The van der Waals surface area contributed by atoms with E-state index in [4.69, 9.17) is 9.47 Å². The highest BCUT2D eigenvalue weighted by atomic mass is 16.5. The number of ether oxygens (including phenoxy) is 2. The third-order valence-corrected chi connectivity index (χ3v) is 2.97. The number of hydrogen-bond donors (Lipinski definition) is 0. The minimum atomic E-state index is 0.499. The topological polar surface area (TPSA) is 48.7 Å². The van der Waals surface area contributed by atoms with Gasteiger partial charge in [-0.2, -0.15) is 0 Å². The quantitative estimate of drug-likeness (QED) is 0.667. The highest BCUT2D eigenvalue weighted by Crippen LogP contribution is 2.21. The van der Waals surface area contributed by atoms with Crippen LogP contribution in [0, 0.1) is 0 Å². The van der Waals surface area contributed by atoms with Gasteiger partial charge in [0, 0.05) is 12.7 Å². The zero-order valence-electron chi connectivity index (χ0n) is 11.2. The van der Waals surface area contributed by atoms with E-state index >= 15 is 0 Å². The summed E-state index contributed by atoms with van der Waals surface area (Å²) >= 11 is 0. The van der Waals surface area contributed by atoms with Crippen molar-refractivity contribution in [1.82, 2.24) is 14.4 Å². The predicted octanol–water partition coefficient (Wildman–Crippen LogP) is 2.42. The van der Waals surface area contributed by atoms with Crippen molar-refractivity contribution < 1.29 is 9.47 Å². The summed E-state index contributed by atoms with van der Waals surface area (Å²) in [7, 11) is 1.65. The van der Waals surface area contributed by atoms with Crippen molar-refractivity contribution in [2.24, 2.45) is 0 Å². The fraction of sp³-hybridized carbons (Fsp3) is 0.200. The SMILES string of the molecule is COCCOc1cnc2ncc(-c3ccccc3)n2c1. The van der Waals surface area contributed by atoms with Crippen LogP contribution in [0.15, 0.2) is 48.9 Å². The van der Waals surface area contributed by atoms with Crippen LogP contribution in [0.1, 0.15) is 0 Å². The fourth-order valence-corrected chi connectivity index (χ4v) is 2.00. The Bertz CT molecular complexity index is 695. The van der Waals surface area contributed by atoms with Crippen LogP contribution in [-0.4, -0.2) is 34.7 Å². The van der Waals surface area contributed by atoms with Crippen molar-refractivity contribution in [3.8, 4) is 17.0 Å². The molecule has 5 heteroatoms. The molecule has 2 heterocycles. The van der Waals surface area contributed by atoms with Gasteiger partial charge in [0.05, 0.1) is 30.9 Å². The Balaban J connectivity index is 1.96. The Kier molecular flexibility index (Phi) is 3.60. The Hall–Kier alpha value is -2.40. The maximum Gasteiger partial charge on any atom is 0.234 e. The maximum absolute atomic E-state index is 5.58. The molecule has 20 heavy (non-hydrogen) atoms. The number of methoxy groups -OCH3 is 1. The van der Waals surface area contributed by atoms with Crippen molar-refractivity contribution in [2.45, 2.75) is 0 Å². The van der Waals surface area contributed by atoms with Gasteiger partial charge in [0.1, 0.15) is 6.61 Å². The van der Waals surface area contributed by atoms with Crippen LogP contribution < -0.4 is 4.74 Å². The van der Waals surface area contributed by atoms with Crippen LogP contribution in [0.5, 0.6) is 5.75 Å². The molecule has 0 fully saturated rings. The Labute approximate surface area is 116 Å². The van der Waals surface area contributed by atoms with E-state index in [0.29, 0.717) is 24.7 Å². The van der Waals surface area contributed by atoms with Crippen molar-refractivity contribution in [3.05, 3.63) is 48.9 Å². The molecule has 3 aromatic rings. The fourth-order valence-electron chi connectivity index (χ4n) is 2.00. The van der Waals surface area contributed by atoms with Crippen molar-refractivity contribution in [1.29, 1.82) is 0 Å². The average molecular weight is 269 g/mol. The number of aromatic nitrogens is 3. The first-order chi connectivity index (χ1) is 9.88. The summed E-state index contributed by atoms with van der Waals surface area (Å²) in [6.07, 6.45) is 5.39. The molecule has 0 atom stereocenters. The smallest absolute Gasteiger partial charge is 0.234 e. The number of hydrogen-bond acceptors (Lipinski definition) is 4. The molecule has 0 spiro atoms. The number of rotatable bonds is 5. The van der Waals surface area contributed by atoms with Crippen LogP contribution in [0.3, 0.4) is 0 Å². The van der Waals surface area contributed by atoms with E-state index in [1.54, 1.807) is 13.3 Å². The van der Waals surface area contributed by atoms with Crippen molar-refractivity contribution in [3.63, 3.8) is 0 Å². The Morgan fingerprint density at radius 1 is 1.05 bits per heavy atom. The molecule has 0 N–H and O–H groups in total. The minimum absolute atomic E-state index is 0.499. The first-order valence-electron chi connectivity index (χ1n) is 6.39. The number of nitrogens with zero attached hydrogens (tertiary/aromatic N) is 3. The van der Waals surface area contributed by atoms with Gasteiger partial charge in [-0.3, -0.25) is 4.40 Å².